The van der Waals surface area contributed by atoms with Crippen molar-refractivity contribution in [3.63, 3.8) is 0 Å². The summed E-state index contributed by atoms with van der Waals surface area (Å²) in [6.07, 6.45) is 4.35. The van der Waals surface area contributed by atoms with E-state index in [4.69, 9.17) is 16.3 Å². The predicted molar refractivity (Wildman–Crippen MR) is 72.0 cm³/mol. The molecule has 2 rings (SSSR count). The maximum absolute atomic E-state index is 11.6. The molecular formula is C13H17ClO3S. The topological polar surface area (TPSA) is 43.4 Å². The molecule has 0 saturated carbocycles. The van der Waals surface area contributed by atoms with Crippen LogP contribution in [0.2, 0.25) is 5.02 Å². The van der Waals surface area contributed by atoms with Gasteiger partial charge < -0.3 is 4.74 Å². The molecule has 3 nitrogen and oxygen atoms in total. The Bertz CT molecular complexity index is 517. The van der Waals surface area contributed by atoms with Gasteiger partial charge in [-0.15, -0.1) is 0 Å². The minimum atomic E-state index is -3.19. The Morgan fingerprint density at radius 1 is 1.33 bits per heavy atom. The minimum absolute atomic E-state index is 0.196. The highest BCUT2D eigenvalue weighted by Gasteiger charge is 2.19. The number of hydrogen-bond acceptors (Lipinski definition) is 3. The van der Waals surface area contributed by atoms with Crippen LogP contribution in [0.3, 0.4) is 0 Å². The number of ether oxygens (including phenoxy) is 1. The van der Waals surface area contributed by atoms with Crippen molar-refractivity contribution in [2.45, 2.75) is 30.1 Å². The Morgan fingerprint density at radius 3 is 2.83 bits per heavy atom. The smallest absolute Gasteiger partial charge is 0.175 e. The summed E-state index contributed by atoms with van der Waals surface area (Å²) in [6, 6.07) is 4.91. The molecule has 1 saturated heterocycles. The summed E-state index contributed by atoms with van der Waals surface area (Å²) in [6.45, 7) is 1.40. The van der Waals surface area contributed by atoms with Gasteiger partial charge in [-0.1, -0.05) is 18.0 Å². The van der Waals surface area contributed by atoms with Gasteiger partial charge in [0.1, 0.15) is 0 Å². The quantitative estimate of drug-likeness (QED) is 0.840. The van der Waals surface area contributed by atoms with Crippen molar-refractivity contribution in [3.05, 3.63) is 28.8 Å². The maximum atomic E-state index is 11.6. The van der Waals surface area contributed by atoms with E-state index >= 15 is 0 Å². The monoisotopic (exact) mass is 288 g/mol. The molecule has 0 N–H and O–H groups in total. The van der Waals surface area contributed by atoms with Crippen LogP contribution in [0.5, 0.6) is 0 Å². The molecule has 1 aromatic carbocycles. The molecule has 0 radical (unpaired) electrons. The molecule has 1 fully saturated rings. The van der Waals surface area contributed by atoms with E-state index in [9.17, 15) is 8.42 Å². The van der Waals surface area contributed by atoms with Gasteiger partial charge in [0.25, 0.3) is 0 Å². The van der Waals surface area contributed by atoms with Gasteiger partial charge in [0.15, 0.2) is 9.84 Å². The zero-order chi connectivity index (χ0) is 13.2. The van der Waals surface area contributed by atoms with Crippen LogP contribution >= 0.6 is 11.6 Å². The van der Waals surface area contributed by atoms with Crippen molar-refractivity contribution in [3.8, 4) is 0 Å². The summed E-state index contributed by atoms with van der Waals surface area (Å²) in [5.74, 6) is 0.196. The summed E-state index contributed by atoms with van der Waals surface area (Å²) >= 11 is 6.18. The average Bonchev–Trinajstić information content (AvgIpc) is 2.56. The zero-order valence-corrected chi connectivity index (χ0v) is 11.9. The number of halogens is 1. The second kappa shape index (κ2) is 5.59. The Kier molecular flexibility index (Phi) is 4.30. The molecule has 1 aliphatic heterocycles. The third-order valence-electron chi connectivity index (χ3n) is 3.25. The highest BCUT2D eigenvalue weighted by molar-refractivity contribution is 7.90. The molecule has 0 amide bonds. The van der Waals surface area contributed by atoms with Crippen LogP contribution < -0.4 is 0 Å². The SMILES string of the molecule is CS(=O)(=O)c1ccc(Cl)c(C2CCCCOC2)c1. The van der Waals surface area contributed by atoms with Gasteiger partial charge in [-0.25, -0.2) is 8.42 Å². The largest absolute Gasteiger partial charge is 0.381 e. The van der Waals surface area contributed by atoms with Gasteiger partial charge in [0.2, 0.25) is 0 Å². The molecule has 0 aromatic heterocycles. The summed E-state index contributed by atoms with van der Waals surface area (Å²) in [5.41, 5.74) is 0.890. The Balaban J connectivity index is 2.36. The lowest BCUT2D eigenvalue weighted by atomic mass is 9.95. The van der Waals surface area contributed by atoms with Crippen LogP contribution in [0.4, 0.5) is 0 Å². The molecular weight excluding hydrogens is 272 g/mol. The highest BCUT2D eigenvalue weighted by atomic mass is 35.5. The fourth-order valence-corrected chi connectivity index (χ4v) is 3.14. The number of sulfone groups is 1. The van der Waals surface area contributed by atoms with E-state index in [1.165, 1.54) is 6.26 Å². The zero-order valence-electron chi connectivity index (χ0n) is 10.4. The normalized spacial score (nSPS) is 21.6. The van der Waals surface area contributed by atoms with Gasteiger partial charge >= 0.3 is 0 Å². The first-order valence-electron chi connectivity index (χ1n) is 6.06. The lowest BCUT2D eigenvalue weighted by molar-refractivity contribution is 0.134. The van der Waals surface area contributed by atoms with Gasteiger partial charge in [-0.05, 0) is 36.6 Å². The minimum Gasteiger partial charge on any atom is -0.381 e. The first-order valence-corrected chi connectivity index (χ1v) is 8.32. The third-order valence-corrected chi connectivity index (χ3v) is 4.70. The highest BCUT2D eigenvalue weighted by Crippen LogP contribution is 2.32. The maximum Gasteiger partial charge on any atom is 0.175 e. The van der Waals surface area contributed by atoms with Gasteiger partial charge in [-0.2, -0.15) is 0 Å². The molecule has 0 aliphatic carbocycles. The van der Waals surface area contributed by atoms with Gasteiger partial charge in [0, 0.05) is 23.8 Å². The van der Waals surface area contributed by atoms with E-state index in [1.807, 2.05) is 0 Å². The van der Waals surface area contributed by atoms with Gasteiger partial charge in [0.05, 0.1) is 11.5 Å². The predicted octanol–water partition coefficient (Wildman–Crippen LogP) is 3.03. The van der Waals surface area contributed by atoms with Crippen LogP contribution in [0, 0.1) is 0 Å². The van der Waals surface area contributed by atoms with E-state index < -0.39 is 9.84 Å². The molecule has 5 heteroatoms. The molecule has 1 unspecified atom stereocenters. The molecule has 1 atom stereocenters. The number of benzene rings is 1. The van der Waals surface area contributed by atoms with Crippen LogP contribution in [0.15, 0.2) is 23.1 Å². The molecule has 0 bridgehead atoms. The van der Waals surface area contributed by atoms with Crippen LogP contribution in [0.1, 0.15) is 30.7 Å². The fourth-order valence-electron chi connectivity index (χ4n) is 2.21. The Hall–Kier alpha value is -0.580. The molecule has 100 valence electrons. The fraction of sp³-hybridized carbons (Fsp3) is 0.538. The molecule has 0 spiro atoms. The second-order valence-electron chi connectivity index (χ2n) is 4.72. The number of rotatable bonds is 2. The third kappa shape index (κ3) is 3.25. The van der Waals surface area contributed by atoms with Crippen molar-refractivity contribution in [2.24, 2.45) is 0 Å². The summed E-state index contributed by atoms with van der Waals surface area (Å²) in [7, 11) is -3.19. The molecule has 18 heavy (non-hydrogen) atoms. The average molecular weight is 289 g/mol. The Morgan fingerprint density at radius 2 is 2.11 bits per heavy atom. The molecule has 1 aliphatic rings. The van der Waals surface area contributed by atoms with Crippen molar-refractivity contribution in [1.82, 2.24) is 0 Å². The lowest BCUT2D eigenvalue weighted by Crippen LogP contribution is -2.07. The van der Waals surface area contributed by atoms with Crippen molar-refractivity contribution >= 4 is 21.4 Å². The first-order chi connectivity index (χ1) is 8.48. The van der Waals surface area contributed by atoms with E-state index in [-0.39, 0.29) is 5.92 Å². The lowest BCUT2D eigenvalue weighted by Gasteiger charge is -2.16. The van der Waals surface area contributed by atoms with Gasteiger partial charge in [-0.3, -0.25) is 0 Å². The summed E-state index contributed by atoms with van der Waals surface area (Å²) in [4.78, 5) is 0.325. The number of hydrogen-bond donors (Lipinski definition) is 0. The first kappa shape index (κ1) is 13.8. The summed E-state index contributed by atoms with van der Waals surface area (Å²) < 4.78 is 28.7. The van der Waals surface area contributed by atoms with Crippen LogP contribution in [-0.4, -0.2) is 27.9 Å². The molecule has 1 heterocycles. The summed E-state index contributed by atoms with van der Waals surface area (Å²) in [5, 5.41) is 0.623. The van der Waals surface area contributed by atoms with Crippen molar-refractivity contribution in [2.75, 3.05) is 19.5 Å². The van der Waals surface area contributed by atoms with Crippen LogP contribution in [-0.2, 0) is 14.6 Å². The molecule has 1 aromatic rings. The van der Waals surface area contributed by atoms with E-state index in [0.29, 0.717) is 16.5 Å². The van der Waals surface area contributed by atoms with Crippen molar-refractivity contribution < 1.29 is 13.2 Å². The van der Waals surface area contributed by atoms with E-state index in [2.05, 4.69) is 0 Å². The Labute approximate surface area is 113 Å². The van der Waals surface area contributed by atoms with Crippen molar-refractivity contribution in [1.29, 1.82) is 0 Å². The van der Waals surface area contributed by atoms with E-state index in [0.717, 1.165) is 31.4 Å². The standard InChI is InChI=1S/C13H17ClO3S/c1-18(15,16)11-5-6-13(14)12(8-11)10-4-2-3-7-17-9-10/h5-6,8,10H,2-4,7,9H2,1H3. The van der Waals surface area contributed by atoms with Crippen LogP contribution in [0.25, 0.3) is 0 Å². The second-order valence-corrected chi connectivity index (χ2v) is 7.15. The van der Waals surface area contributed by atoms with E-state index in [1.54, 1.807) is 18.2 Å².